The fourth-order valence-electron chi connectivity index (χ4n) is 1.17. The molecule has 72 valence electrons. The van der Waals surface area contributed by atoms with Crippen LogP contribution in [0, 0.1) is 0 Å². The van der Waals surface area contributed by atoms with Crippen LogP contribution in [0.15, 0.2) is 24.9 Å². The van der Waals surface area contributed by atoms with E-state index in [9.17, 15) is 0 Å². The zero-order chi connectivity index (χ0) is 10.1. The molecule has 2 nitrogen and oxygen atoms in total. The van der Waals surface area contributed by atoms with E-state index in [0.717, 1.165) is 11.5 Å². The van der Waals surface area contributed by atoms with Gasteiger partial charge >= 0.3 is 0 Å². The lowest BCUT2D eigenvalue weighted by Crippen LogP contribution is -2.24. The molecule has 1 aromatic heterocycles. The molecule has 0 spiro atoms. The van der Waals surface area contributed by atoms with Crippen molar-refractivity contribution in [2.75, 3.05) is 0 Å². The first kappa shape index (κ1) is 10.1. The number of aromatic nitrogens is 1. The fourth-order valence-corrected chi connectivity index (χ4v) is 2.02. The van der Waals surface area contributed by atoms with Gasteiger partial charge < -0.3 is 8.99 Å². The highest BCUT2D eigenvalue weighted by atomic mass is 28.4. The van der Waals surface area contributed by atoms with Gasteiger partial charge in [0.2, 0.25) is 8.32 Å². The van der Waals surface area contributed by atoms with Crippen molar-refractivity contribution in [2.24, 2.45) is 7.05 Å². The van der Waals surface area contributed by atoms with E-state index in [1.54, 1.807) is 0 Å². The second-order valence-electron chi connectivity index (χ2n) is 4.14. The molecule has 1 rings (SSSR count). The monoisotopic (exact) mass is 195 g/mol. The second-order valence-corrected chi connectivity index (χ2v) is 8.57. The van der Waals surface area contributed by atoms with E-state index in [0.29, 0.717) is 0 Å². The Hall–Kier alpha value is -0.963. The Morgan fingerprint density at radius 1 is 1.46 bits per heavy atom. The van der Waals surface area contributed by atoms with Gasteiger partial charge in [-0.1, -0.05) is 6.58 Å². The third-order valence-corrected chi connectivity index (χ3v) is 2.52. The quantitative estimate of drug-likeness (QED) is 0.534. The number of hydrogen-bond donors (Lipinski definition) is 0. The van der Waals surface area contributed by atoms with E-state index in [-0.39, 0.29) is 0 Å². The zero-order valence-electron chi connectivity index (χ0n) is 8.79. The summed E-state index contributed by atoms with van der Waals surface area (Å²) in [5.41, 5.74) is 1.06. The van der Waals surface area contributed by atoms with Crippen LogP contribution >= 0.6 is 0 Å². The lowest BCUT2D eigenvalue weighted by atomic mass is 10.4. The molecule has 13 heavy (non-hydrogen) atoms. The number of nitrogens with zero attached hydrogens (tertiary/aromatic N) is 1. The number of hydrogen-bond acceptors (Lipinski definition) is 1. The largest absolute Gasteiger partial charge is 0.543 e. The molecule has 0 saturated carbocycles. The van der Waals surface area contributed by atoms with Crippen LogP contribution in [-0.4, -0.2) is 12.9 Å². The Bertz CT molecular complexity index is 309. The molecule has 1 heterocycles. The first-order chi connectivity index (χ1) is 5.90. The van der Waals surface area contributed by atoms with Gasteiger partial charge in [-0.15, -0.1) is 0 Å². The average molecular weight is 195 g/mol. The minimum atomic E-state index is -1.51. The van der Waals surface area contributed by atoms with Gasteiger partial charge in [0.15, 0.2) is 0 Å². The van der Waals surface area contributed by atoms with Crippen LogP contribution in [0.4, 0.5) is 0 Å². The first-order valence-electron chi connectivity index (χ1n) is 4.40. The van der Waals surface area contributed by atoms with Gasteiger partial charge in [-0.2, -0.15) is 0 Å². The van der Waals surface area contributed by atoms with Gasteiger partial charge in [0.05, 0.1) is 5.69 Å². The highest BCUT2D eigenvalue weighted by molar-refractivity contribution is 6.70. The standard InChI is InChI=1S/C10H17NOSi/c1-9(12-13(3,4)5)10-7-6-8-11(10)2/h6-8H,1H2,2-5H3. The van der Waals surface area contributed by atoms with Crippen LogP contribution in [0.5, 0.6) is 0 Å². The maximum absolute atomic E-state index is 5.79. The third kappa shape index (κ3) is 2.77. The molecule has 0 saturated heterocycles. The number of aryl methyl sites for hydroxylation is 1. The second kappa shape index (κ2) is 3.42. The summed E-state index contributed by atoms with van der Waals surface area (Å²) >= 11 is 0. The van der Waals surface area contributed by atoms with E-state index < -0.39 is 8.32 Å². The van der Waals surface area contributed by atoms with Gasteiger partial charge in [0.1, 0.15) is 5.76 Å². The van der Waals surface area contributed by atoms with Crippen LogP contribution in [-0.2, 0) is 11.5 Å². The molecule has 0 aliphatic rings. The normalized spacial score (nSPS) is 11.4. The molecular weight excluding hydrogens is 178 g/mol. The van der Waals surface area contributed by atoms with Gasteiger partial charge in [-0.25, -0.2) is 0 Å². The smallest absolute Gasteiger partial charge is 0.242 e. The SMILES string of the molecule is C=C(O[Si](C)(C)C)c1cccn1C. The molecule has 0 N–H and O–H groups in total. The summed E-state index contributed by atoms with van der Waals surface area (Å²) in [5, 5.41) is 0. The minimum Gasteiger partial charge on any atom is -0.543 e. The van der Waals surface area contributed by atoms with E-state index in [2.05, 4.69) is 26.2 Å². The lowest BCUT2D eigenvalue weighted by Gasteiger charge is -2.21. The highest BCUT2D eigenvalue weighted by Gasteiger charge is 2.18. The van der Waals surface area contributed by atoms with Crippen molar-refractivity contribution in [1.82, 2.24) is 4.57 Å². The van der Waals surface area contributed by atoms with Crippen LogP contribution < -0.4 is 0 Å². The van der Waals surface area contributed by atoms with Crippen molar-refractivity contribution < 1.29 is 4.43 Å². The Labute approximate surface area is 81.0 Å². The summed E-state index contributed by atoms with van der Waals surface area (Å²) in [6, 6.07) is 4.01. The van der Waals surface area contributed by atoms with Crippen molar-refractivity contribution >= 4 is 14.1 Å². The summed E-state index contributed by atoms with van der Waals surface area (Å²) in [6.07, 6.45) is 1.99. The van der Waals surface area contributed by atoms with Crippen molar-refractivity contribution in [3.63, 3.8) is 0 Å². The van der Waals surface area contributed by atoms with E-state index in [1.165, 1.54) is 0 Å². The first-order valence-corrected chi connectivity index (χ1v) is 7.80. The molecule has 0 radical (unpaired) electrons. The minimum absolute atomic E-state index is 0.784. The summed E-state index contributed by atoms with van der Waals surface area (Å²) in [5.74, 6) is 0.784. The summed E-state index contributed by atoms with van der Waals surface area (Å²) in [4.78, 5) is 0. The topological polar surface area (TPSA) is 14.2 Å². The lowest BCUT2D eigenvalue weighted by molar-refractivity contribution is 0.509. The molecule has 0 unspecified atom stereocenters. The highest BCUT2D eigenvalue weighted by Crippen LogP contribution is 2.18. The summed E-state index contributed by atoms with van der Waals surface area (Å²) in [7, 11) is 0.482. The van der Waals surface area contributed by atoms with E-state index in [1.807, 2.05) is 29.9 Å². The molecule has 0 amide bonds. The van der Waals surface area contributed by atoms with Crippen LogP contribution in [0.2, 0.25) is 19.6 Å². The molecule has 0 aliphatic carbocycles. The number of rotatable bonds is 3. The van der Waals surface area contributed by atoms with Crippen molar-refractivity contribution in [1.29, 1.82) is 0 Å². The van der Waals surface area contributed by atoms with Crippen molar-refractivity contribution in [2.45, 2.75) is 19.6 Å². The fraction of sp³-hybridized carbons (Fsp3) is 0.400. The molecule has 0 atom stereocenters. The van der Waals surface area contributed by atoms with Crippen molar-refractivity contribution in [3.8, 4) is 0 Å². The summed E-state index contributed by atoms with van der Waals surface area (Å²) < 4.78 is 7.80. The predicted molar refractivity (Wildman–Crippen MR) is 58.9 cm³/mol. The molecule has 3 heteroatoms. The molecular formula is C10H17NOSi. The van der Waals surface area contributed by atoms with Gasteiger partial charge in [0.25, 0.3) is 0 Å². The van der Waals surface area contributed by atoms with Crippen LogP contribution in [0.1, 0.15) is 5.69 Å². The van der Waals surface area contributed by atoms with Crippen molar-refractivity contribution in [3.05, 3.63) is 30.6 Å². The van der Waals surface area contributed by atoms with E-state index in [4.69, 9.17) is 4.43 Å². The Morgan fingerprint density at radius 2 is 2.08 bits per heavy atom. The Morgan fingerprint density at radius 3 is 2.46 bits per heavy atom. The maximum atomic E-state index is 5.79. The average Bonchev–Trinajstić information content (AvgIpc) is 2.30. The zero-order valence-corrected chi connectivity index (χ0v) is 9.79. The molecule has 0 fully saturated rings. The molecule has 1 aromatic rings. The summed E-state index contributed by atoms with van der Waals surface area (Å²) in [6.45, 7) is 10.4. The predicted octanol–water partition coefficient (Wildman–Crippen LogP) is 2.85. The molecule has 0 aliphatic heterocycles. The third-order valence-electron chi connectivity index (χ3n) is 1.66. The van der Waals surface area contributed by atoms with Gasteiger partial charge in [-0.05, 0) is 31.8 Å². The van der Waals surface area contributed by atoms with Crippen LogP contribution in [0.3, 0.4) is 0 Å². The van der Waals surface area contributed by atoms with E-state index >= 15 is 0 Å². The Balaban J connectivity index is 2.76. The van der Waals surface area contributed by atoms with Gasteiger partial charge in [-0.3, -0.25) is 0 Å². The molecule has 0 aromatic carbocycles. The maximum Gasteiger partial charge on any atom is 0.242 e. The van der Waals surface area contributed by atoms with Crippen LogP contribution in [0.25, 0.3) is 5.76 Å². The van der Waals surface area contributed by atoms with Gasteiger partial charge in [0, 0.05) is 13.2 Å². The molecule has 0 bridgehead atoms. The Kier molecular flexibility index (Phi) is 2.66.